The molecule has 1 aromatic heterocycles. The van der Waals surface area contributed by atoms with E-state index in [-0.39, 0.29) is 5.69 Å². The predicted molar refractivity (Wildman–Crippen MR) is 126 cm³/mol. The van der Waals surface area contributed by atoms with Crippen LogP contribution in [-0.4, -0.2) is 17.7 Å². The lowest BCUT2D eigenvalue weighted by Gasteiger charge is -2.11. The Balaban J connectivity index is 1.65. The summed E-state index contributed by atoms with van der Waals surface area (Å²) in [5, 5.41) is 14.5. The third-order valence-electron chi connectivity index (χ3n) is 5.61. The maximum atomic E-state index is 13.0. The number of hydrogen-bond acceptors (Lipinski definition) is 3. The Hall–Kier alpha value is -4.29. The molecule has 4 rings (SSSR count). The van der Waals surface area contributed by atoms with Gasteiger partial charge in [-0.15, -0.1) is 0 Å². The largest absolute Gasteiger partial charge is 0.497 e. The summed E-state index contributed by atoms with van der Waals surface area (Å²) in [6.45, 7) is 2.59. The minimum atomic E-state index is -4.49. The van der Waals surface area contributed by atoms with E-state index in [4.69, 9.17) is 4.74 Å². The topological polar surface area (TPSA) is 83.7 Å². The molecule has 1 heterocycles. The molecule has 0 radical (unpaired) electrons. The fraction of sp³-hybridized carbons (Fsp3) is 0.154. The van der Waals surface area contributed by atoms with Crippen molar-refractivity contribution in [2.45, 2.75) is 19.6 Å². The van der Waals surface area contributed by atoms with Gasteiger partial charge in [-0.2, -0.15) is 18.4 Å². The number of nitrogens with one attached hydrogen (secondary N) is 1. The number of benzene rings is 3. The second-order valence-corrected chi connectivity index (χ2v) is 7.80. The van der Waals surface area contributed by atoms with E-state index in [2.05, 4.69) is 11.4 Å². The number of nitrogens with zero attached hydrogens (tertiary/aromatic N) is 2. The number of hydrogen-bond donors (Lipinski definition) is 2. The molecule has 178 valence electrons. The molecule has 0 saturated carbocycles. The van der Waals surface area contributed by atoms with Crippen LogP contribution in [0.4, 0.5) is 29.3 Å². The molecule has 9 heteroatoms. The maximum absolute atomic E-state index is 13.0. The average Bonchev–Trinajstić information content (AvgIpc) is 3.16. The number of aryl methyl sites for hydroxylation is 1. The van der Waals surface area contributed by atoms with Crippen LogP contribution in [0.15, 0.2) is 66.7 Å². The van der Waals surface area contributed by atoms with Gasteiger partial charge in [0.2, 0.25) is 0 Å². The number of primary amides is 1. The lowest BCUT2D eigenvalue weighted by Crippen LogP contribution is -2.83. The van der Waals surface area contributed by atoms with Crippen LogP contribution in [0.5, 0.6) is 5.75 Å². The van der Waals surface area contributed by atoms with Gasteiger partial charge in [0.05, 0.1) is 29.4 Å². The van der Waals surface area contributed by atoms with Crippen molar-refractivity contribution in [2.24, 2.45) is 0 Å². The Labute approximate surface area is 199 Å². The monoisotopic (exact) mass is 479 g/mol. The molecule has 6 nitrogen and oxygen atoms in total. The third kappa shape index (κ3) is 4.83. The van der Waals surface area contributed by atoms with Crippen molar-refractivity contribution >= 4 is 28.3 Å². The first kappa shape index (κ1) is 23.9. The molecule has 2 amide bonds. The number of amides is 2. The van der Waals surface area contributed by atoms with Gasteiger partial charge >= 0.3 is 12.2 Å². The SMILES string of the molecule is CCn1c(-c2cccc(NC(=O)[NH2+]c3cccc(C(F)(F)F)c3)c2)c(C#N)c2cc(OC)ccc21. The average molecular weight is 479 g/mol. The summed E-state index contributed by atoms with van der Waals surface area (Å²) in [6.07, 6.45) is -4.49. The van der Waals surface area contributed by atoms with Crippen LogP contribution < -0.4 is 15.4 Å². The van der Waals surface area contributed by atoms with Gasteiger partial charge in [-0.1, -0.05) is 18.2 Å². The Bertz CT molecular complexity index is 1450. The number of alkyl halides is 3. The Morgan fingerprint density at radius 3 is 2.57 bits per heavy atom. The number of nitriles is 1. The minimum absolute atomic E-state index is 0.139. The highest BCUT2D eigenvalue weighted by Gasteiger charge is 2.31. The number of carbonyl (C=O) groups is 1. The van der Waals surface area contributed by atoms with Crippen molar-refractivity contribution in [3.8, 4) is 23.1 Å². The first-order valence-corrected chi connectivity index (χ1v) is 10.8. The normalized spacial score (nSPS) is 11.3. The quantitative estimate of drug-likeness (QED) is 0.363. The van der Waals surface area contributed by atoms with Gasteiger partial charge in [0.15, 0.2) is 0 Å². The molecule has 0 bridgehead atoms. The Morgan fingerprint density at radius 2 is 1.89 bits per heavy atom. The second-order valence-electron chi connectivity index (χ2n) is 7.80. The van der Waals surface area contributed by atoms with Crippen molar-refractivity contribution in [1.82, 2.24) is 4.57 Å². The highest BCUT2D eigenvalue weighted by Crippen LogP contribution is 2.36. The van der Waals surface area contributed by atoms with Crippen molar-refractivity contribution in [3.63, 3.8) is 0 Å². The molecule has 0 unspecified atom stereocenters. The van der Waals surface area contributed by atoms with E-state index in [0.29, 0.717) is 29.2 Å². The van der Waals surface area contributed by atoms with Crippen LogP contribution in [0.1, 0.15) is 18.1 Å². The molecule has 0 aliphatic carbocycles. The number of methoxy groups -OCH3 is 1. The number of carbonyl (C=O) groups excluding carboxylic acids is 1. The van der Waals surface area contributed by atoms with E-state index in [1.165, 1.54) is 12.1 Å². The minimum Gasteiger partial charge on any atom is -0.497 e. The van der Waals surface area contributed by atoms with Crippen molar-refractivity contribution < 1.29 is 28.0 Å². The second kappa shape index (κ2) is 9.52. The number of urea groups is 1. The molecule has 0 fully saturated rings. The molecule has 4 aromatic rings. The highest BCUT2D eigenvalue weighted by molar-refractivity contribution is 5.96. The van der Waals surface area contributed by atoms with Crippen molar-refractivity contribution in [1.29, 1.82) is 5.26 Å². The number of fused-ring (bicyclic) bond motifs is 1. The zero-order valence-corrected chi connectivity index (χ0v) is 19.0. The number of aromatic nitrogens is 1. The van der Waals surface area contributed by atoms with E-state index < -0.39 is 17.8 Å². The molecular formula is C26H22F3N4O2+. The molecule has 0 aliphatic heterocycles. The first-order chi connectivity index (χ1) is 16.7. The molecule has 0 aliphatic rings. The standard InChI is InChI=1S/C26H21F3N4O2/c1-3-33-23-11-10-20(35-2)14-21(23)22(15-30)24(33)16-6-4-8-18(12-16)31-25(34)32-19-9-5-7-17(13-19)26(27,28)29/h4-14H,3H2,1-2H3,(H2,31,32,34)/p+1. The molecule has 0 saturated heterocycles. The van der Waals surface area contributed by atoms with E-state index in [9.17, 15) is 23.2 Å². The van der Waals surface area contributed by atoms with E-state index in [1.54, 1.807) is 25.3 Å². The number of nitrogens with two attached hydrogens (primary N) is 1. The van der Waals surface area contributed by atoms with Crippen LogP contribution in [-0.2, 0) is 12.7 Å². The van der Waals surface area contributed by atoms with E-state index >= 15 is 0 Å². The first-order valence-electron chi connectivity index (χ1n) is 10.8. The number of anilines is 1. The van der Waals surface area contributed by atoms with E-state index in [1.807, 2.05) is 35.8 Å². The molecule has 3 N–H and O–H groups in total. The smallest absolute Gasteiger partial charge is 0.422 e. The number of ether oxygens (including phenoxy) is 1. The van der Waals surface area contributed by atoms with E-state index in [0.717, 1.165) is 33.9 Å². The molecular weight excluding hydrogens is 457 g/mol. The Kier molecular flexibility index (Phi) is 6.49. The highest BCUT2D eigenvalue weighted by atomic mass is 19.4. The van der Waals surface area contributed by atoms with Crippen LogP contribution in [0, 0.1) is 11.3 Å². The van der Waals surface area contributed by atoms with Gasteiger partial charge in [0.1, 0.15) is 17.5 Å². The Morgan fingerprint density at radius 1 is 1.11 bits per heavy atom. The van der Waals surface area contributed by atoms with Crippen molar-refractivity contribution in [2.75, 3.05) is 12.4 Å². The summed E-state index contributed by atoms with van der Waals surface area (Å²) in [6, 6.07) is 18.8. The van der Waals surface area contributed by atoms with Gasteiger partial charge in [-0.25, -0.2) is 10.1 Å². The van der Waals surface area contributed by atoms with Gasteiger partial charge in [-0.3, -0.25) is 5.32 Å². The number of quaternary nitrogens is 1. The summed E-state index contributed by atoms with van der Waals surface area (Å²) in [7, 11) is 1.56. The summed E-state index contributed by atoms with van der Waals surface area (Å²) >= 11 is 0. The maximum Gasteiger partial charge on any atom is 0.422 e. The molecule has 3 aromatic carbocycles. The summed E-state index contributed by atoms with van der Waals surface area (Å²) in [4.78, 5) is 12.5. The fourth-order valence-electron chi connectivity index (χ4n) is 4.08. The zero-order valence-electron chi connectivity index (χ0n) is 19.0. The van der Waals surface area contributed by atoms with Gasteiger partial charge < -0.3 is 9.30 Å². The zero-order chi connectivity index (χ0) is 25.2. The van der Waals surface area contributed by atoms with Crippen LogP contribution in [0.25, 0.3) is 22.2 Å². The third-order valence-corrected chi connectivity index (χ3v) is 5.61. The van der Waals surface area contributed by atoms with Crippen LogP contribution in [0.2, 0.25) is 0 Å². The number of halogens is 3. The van der Waals surface area contributed by atoms with Gasteiger partial charge in [-0.05, 0) is 49.4 Å². The lowest BCUT2D eigenvalue weighted by atomic mass is 10.1. The fourth-order valence-corrected chi connectivity index (χ4v) is 4.08. The molecule has 0 spiro atoms. The molecule has 35 heavy (non-hydrogen) atoms. The lowest BCUT2D eigenvalue weighted by molar-refractivity contribution is -0.459. The number of rotatable bonds is 5. The molecule has 0 atom stereocenters. The van der Waals surface area contributed by atoms with Gasteiger partial charge in [0.25, 0.3) is 0 Å². The van der Waals surface area contributed by atoms with Crippen LogP contribution in [0.3, 0.4) is 0 Å². The predicted octanol–water partition coefficient (Wildman–Crippen LogP) is 5.65. The summed E-state index contributed by atoms with van der Waals surface area (Å²) in [5.74, 6) is 0.639. The summed E-state index contributed by atoms with van der Waals surface area (Å²) in [5.41, 5.74) is 2.55. The van der Waals surface area contributed by atoms with Crippen molar-refractivity contribution in [3.05, 3.63) is 77.9 Å². The summed E-state index contributed by atoms with van der Waals surface area (Å²) < 4.78 is 46.2. The van der Waals surface area contributed by atoms with Crippen LogP contribution >= 0.6 is 0 Å². The van der Waals surface area contributed by atoms with Gasteiger partial charge in [0, 0.05) is 29.2 Å².